The maximum atomic E-state index is 12.5. The minimum atomic E-state index is -0.293. The van der Waals surface area contributed by atoms with Gasteiger partial charge in [0.25, 0.3) is 0 Å². The maximum absolute atomic E-state index is 12.5. The van der Waals surface area contributed by atoms with Crippen LogP contribution < -0.4 is 5.32 Å². The Labute approximate surface area is 148 Å². The molecule has 2 aromatic heterocycles. The van der Waals surface area contributed by atoms with Crippen molar-refractivity contribution in [2.24, 2.45) is 7.05 Å². The summed E-state index contributed by atoms with van der Waals surface area (Å²) >= 11 is 3.01. The molecule has 1 N–H and O–H groups in total. The van der Waals surface area contributed by atoms with E-state index >= 15 is 0 Å². The smallest absolute Gasteiger partial charge is 0.237 e. The molecular weight excluding hydrogens is 342 g/mol. The molecule has 0 saturated carbocycles. The number of nitrogens with zero attached hydrogens (tertiary/aromatic N) is 4. The van der Waals surface area contributed by atoms with Gasteiger partial charge in [-0.2, -0.15) is 5.10 Å². The number of benzene rings is 1. The van der Waals surface area contributed by atoms with Crippen molar-refractivity contribution in [1.82, 2.24) is 19.7 Å². The fourth-order valence-corrected chi connectivity index (χ4v) is 3.67. The average molecular weight is 359 g/mol. The topological polar surface area (TPSA) is 72.7 Å². The number of nitrogens with one attached hydrogen (secondary N) is 1. The molecule has 6 nitrogen and oxygen atoms in total. The molecule has 1 amide bonds. The van der Waals surface area contributed by atoms with E-state index < -0.39 is 0 Å². The number of rotatable bonds is 5. The van der Waals surface area contributed by atoms with E-state index in [2.05, 4.69) is 20.4 Å². The second-order valence-electron chi connectivity index (χ2n) is 5.13. The fraction of sp³-hybridized carbons (Fsp3) is 0.250. The summed E-state index contributed by atoms with van der Waals surface area (Å²) in [5.41, 5.74) is 1.59. The van der Waals surface area contributed by atoms with Crippen molar-refractivity contribution in [2.75, 3.05) is 11.6 Å². The highest BCUT2D eigenvalue weighted by atomic mass is 32.2. The quantitative estimate of drug-likeness (QED) is 0.557. The first-order valence-corrected chi connectivity index (χ1v) is 9.44. The molecule has 0 radical (unpaired) electrons. The van der Waals surface area contributed by atoms with E-state index in [9.17, 15) is 4.79 Å². The number of fused-ring (bicyclic) bond motifs is 1. The molecular formula is C16H17N5OS2. The Hall–Kier alpha value is -2.06. The third kappa shape index (κ3) is 3.39. The van der Waals surface area contributed by atoms with E-state index in [1.165, 1.54) is 18.1 Å². The molecule has 0 saturated heterocycles. The summed E-state index contributed by atoms with van der Waals surface area (Å²) in [7, 11) is 1.83. The van der Waals surface area contributed by atoms with Crippen LogP contribution in [0.1, 0.15) is 6.92 Å². The zero-order valence-electron chi connectivity index (χ0n) is 13.6. The van der Waals surface area contributed by atoms with Crippen molar-refractivity contribution < 1.29 is 4.79 Å². The van der Waals surface area contributed by atoms with Gasteiger partial charge in [-0.3, -0.25) is 9.48 Å². The SMILES string of the molecule is CSc1ccccc1NC(=O)C(C)Sc1ncnc2c1cnn2C. The second kappa shape index (κ2) is 7.23. The summed E-state index contributed by atoms with van der Waals surface area (Å²) in [6.07, 6.45) is 5.22. The van der Waals surface area contributed by atoms with Crippen molar-refractivity contribution in [3.8, 4) is 0 Å². The lowest BCUT2D eigenvalue weighted by Crippen LogP contribution is -2.22. The van der Waals surface area contributed by atoms with Crippen LogP contribution in [0.5, 0.6) is 0 Å². The summed E-state index contributed by atoms with van der Waals surface area (Å²) in [5, 5.41) is 8.51. The summed E-state index contributed by atoms with van der Waals surface area (Å²) in [4.78, 5) is 22.1. The van der Waals surface area contributed by atoms with Gasteiger partial charge >= 0.3 is 0 Å². The number of hydrogen-bond donors (Lipinski definition) is 1. The molecule has 1 unspecified atom stereocenters. The van der Waals surface area contributed by atoms with Gasteiger partial charge in [0.05, 0.1) is 22.5 Å². The molecule has 8 heteroatoms. The summed E-state index contributed by atoms with van der Waals surface area (Å²) in [5.74, 6) is -0.0582. The van der Waals surface area contributed by atoms with Gasteiger partial charge < -0.3 is 5.32 Å². The van der Waals surface area contributed by atoms with Crippen LogP contribution in [0, 0.1) is 0 Å². The van der Waals surface area contributed by atoms with Crippen LogP contribution in [0.15, 0.2) is 46.7 Å². The molecule has 1 atom stereocenters. The summed E-state index contributed by atoms with van der Waals surface area (Å²) < 4.78 is 1.69. The minimum absolute atomic E-state index is 0.0582. The van der Waals surface area contributed by atoms with Crippen LogP contribution in [-0.2, 0) is 11.8 Å². The van der Waals surface area contributed by atoms with E-state index in [1.807, 2.05) is 44.5 Å². The van der Waals surface area contributed by atoms with Gasteiger partial charge in [-0.1, -0.05) is 23.9 Å². The first-order chi connectivity index (χ1) is 11.6. The molecule has 24 heavy (non-hydrogen) atoms. The number of hydrogen-bond acceptors (Lipinski definition) is 6. The Bertz CT molecular complexity index is 880. The number of anilines is 1. The minimum Gasteiger partial charge on any atom is -0.324 e. The highest BCUT2D eigenvalue weighted by molar-refractivity contribution is 8.00. The molecule has 1 aromatic carbocycles. The lowest BCUT2D eigenvalue weighted by molar-refractivity contribution is -0.115. The molecule has 0 aliphatic carbocycles. The largest absolute Gasteiger partial charge is 0.324 e. The van der Waals surface area contributed by atoms with Crippen LogP contribution in [0.3, 0.4) is 0 Å². The van der Waals surface area contributed by atoms with Crippen molar-refractivity contribution in [3.05, 3.63) is 36.8 Å². The lowest BCUT2D eigenvalue weighted by atomic mass is 10.3. The molecule has 0 fully saturated rings. The van der Waals surface area contributed by atoms with Crippen molar-refractivity contribution in [1.29, 1.82) is 0 Å². The van der Waals surface area contributed by atoms with E-state index in [4.69, 9.17) is 0 Å². The highest BCUT2D eigenvalue weighted by Crippen LogP contribution is 2.29. The van der Waals surface area contributed by atoms with Crippen molar-refractivity contribution in [2.45, 2.75) is 22.1 Å². The van der Waals surface area contributed by atoms with Gasteiger partial charge in [-0.15, -0.1) is 11.8 Å². The zero-order valence-corrected chi connectivity index (χ0v) is 15.2. The summed E-state index contributed by atoms with van der Waals surface area (Å²) in [6, 6.07) is 7.77. The van der Waals surface area contributed by atoms with E-state index in [-0.39, 0.29) is 11.2 Å². The number of para-hydroxylation sites is 1. The van der Waals surface area contributed by atoms with Crippen LogP contribution in [0.4, 0.5) is 5.69 Å². The van der Waals surface area contributed by atoms with Crippen molar-refractivity contribution in [3.63, 3.8) is 0 Å². The normalized spacial score (nSPS) is 12.3. The molecule has 0 bridgehead atoms. The van der Waals surface area contributed by atoms with Crippen LogP contribution in [-0.4, -0.2) is 37.2 Å². The zero-order chi connectivity index (χ0) is 17.1. The third-order valence-corrected chi connectivity index (χ3v) is 5.43. The fourth-order valence-electron chi connectivity index (χ4n) is 2.24. The second-order valence-corrected chi connectivity index (χ2v) is 7.31. The Morgan fingerprint density at radius 3 is 2.88 bits per heavy atom. The van der Waals surface area contributed by atoms with Gasteiger partial charge in [0, 0.05) is 11.9 Å². The van der Waals surface area contributed by atoms with E-state index in [1.54, 1.807) is 22.6 Å². The number of carbonyl (C=O) groups excluding carboxylic acids is 1. The maximum Gasteiger partial charge on any atom is 0.237 e. The Morgan fingerprint density at radius 2 is 2.08 bits per heavy atom. The molecule has 3 aromatic rings. The number of carbonyl (C=O) groups is 1. The highest BCUT2D eigenvalue weighted by Gasteiger charge is 2.19. The Kier molecular flexibility index (Phi) is 5.06. The van der Waals surface area contributed by atoms with E-state index in [0.717, 1.165) is 26.6 Å². The molecule has 0 spiro atoms. The molecule has 3 rings (SSSR count). The number of aromatic nitrogens is 4. The van der Waals surface area contributed by atoms with Crippen LogP contribution in [0.25, 0.3) is 11.0 Å². The molecule has 2 heterocycles. The van der Waals surface area contributed by atoms with Crippen LogP contribution >= 0.6 is 23.5 Å². The third-order valence-electron chi connectivity index (χ3n) is 3.52. The molecule has 0 aliphatic rings. The van der Waals surface area contributed by atoms with Gasteiger partial charge in [0.2, 0.25) is 5.91 Å². The monoisotopic (exact) mass is 359 g/mol. The molecule has 124 valence electrons. The van der Waals surface area contributed by atoms with E-state index in [0.29, 0.717) is 0 Å². The number of thioether (sulfide) groups is 2. The Balaban J connectivity index is 1.76. The van der Waals surface area contributed by atoms with Gasteiger partial charge in [0.1, 0.15) is 11.4 Å². The standard InChI is InChI=1S/C16H17N5OS2/c1-10(15(22)20-12-6-4-5-7-13(12)23-3)24-16-11-8-19-21(2)14(11)17-9-18-16/h4-10H,1-3H3,(H,20,22). The summed E-state index contributed by atoms with van der Waals surface area (Å²) in [6.45, 7) is 1.87. The van der Waals surface area contributed by atoms with Gasteiger partial charge in [-0.05, 0) is 25.3 Å². The van der Waals surface area contributed by atoms with Crippen LogP contribution in [0.2, 0.25) is 0 Å². The Morgan fingerprint density at radius 1 is 1.29 bits per heavy atom. The van der Waals surface area contributed by atoms with Crippen molar-refractivity contribution >= 4 is 46.2 Å². The molecule has 0 aliphatic heterocycles. The first-order valence-electron chi connectivity index (χ1n) is 7.33. The predicted octanol–water partition coefficient (Wildman–Crippen LogP) is 3.20. The van der Waals surface area contributed by atoms with Gasteiger partial charge in [0.15, 0.2) is 5.65 Å². The predicted molar refractivity (Wildman–Crippen MR) is 98.5 cm³/mol. The first kappa shape index (κ1) is 16.8. The lowest BCUT2D eigenvalue weighted by Gasteiger charge is -2.13. The number of aryl methyl sites for hydroxylation is 1. The average Bonchev–Trinajstić information content (AvgIpc) is 2.97. The number of amides is 1. The van der Waals surface area contributed by atoms with Gasteiger partial charge in [-0.25, -0.2) is 9.97 Å².